The highest BCUT2D eigenvalue weighted by molar-refractivity contribution is 9.10. The summed E-state index contributed by atoms with van der Waals surface area (Å²) in [5.41, 5.74) is 2.04. The molecule has 1 aliphatic carbocycles. The molecule has 3 rings (SSSR count). The summed E-state index contributed by atoms with van der Waals surface area (Å²) in [7, 11) is 0. The Morgan fingerprint density at radius 1 is 1.15 bits per heavy atom. The number of hydrogen-bond donors (Lipinski definition) is 1. The number of hydrogen-bond acceptors (Lipinski definition) is 1. The minimum Gasteiger partial charge on any atom is -0.382 e. The first-order valence-electron chi connectivity index (χ1n) is 6.59. The molecular weight excluding hydrogens is 341 g/mol. The van der Waals surface area contributed by atoms with E-state index in [4.69, 9.17) is 11.6 Å². The van der Waals surface area contributed by atoms with Crippen LogP contribution in [0.3, 0.4) is 0 Å². The first kappa shape index (κ1) is 13.9. The smallest absolute Gasteiger partial charge is 0.139 e. The monoisotopic (exact) mass is 353 g/mol. The molecule has 0 amide bonds. The quantitative estimate of drug-likeness (QED) is 0.756. The fourth-order valence-electron chi connectivity index (χ4n) is 2.62. The van der Waals surface area contributed by atoms with E-state index in [1.54, 1.807) is 6.07 Å². The van der Waals surface area contributed by atoms with Crippen molar-refractivity contribution in [2.45, 2.75) is 24.8 Å². The van der Waals surface area contributed by atoms with Gasteiger partial charge in [0.15, 0.2) is 0 Å². The summed E-state index contributed by atoms with van der Waals surface area (Å²) in [6.45, 7) is 0. The highest BCUT2D eigenvalue weighted by atomic mass is 79.9. The lowest BCUT2D eigenvalue weighted by atomic mass is 9.76. The van der Waals surface area contributed by atoms with Gasteiger partial charge < -0.3 is 5.32 Å². The zero-order chi connectivity index (χ0) is 14.1. The Balaban J connectivity index is 1.61. The van der Waals surface area contributed by atoms with Gasteiger partial charge in [0.05, 0.1) is 4.47 Å². The minimum atomic E-state index is -0.239. The van der Waals surface area contributed by atoms with E-state index in [1.807, 2.05) is 24.3 Å². The molecule has 4 heteroatoms. The molecule has 0 aromatic heterocycles. The van der Waals surface area contributed by atoms with Gasteiger partial charge in [-0.2, -0.15) is 0 Å². The van der Waals surface area contributed by atoms with Crippen molar-refractivity contribution < 1.29 is 4.39 Å². The van der Waals surface area contributed by atoms with Gasteiger partial charge in [0.25, 0.3) is 0 Å². The highest BCUT2D eigenvalue weighted by Crippen LogP contribution is 2.41. The average molecular weight is 355 g/mol. The fourth-order valence-corrected chi connectivity index (χ4v) is 3.15. The van der Waals surface area contributed by atoms with Crippen molar-refractivity contribution in [2.24, 2.45) is 0 Å². The topological polar surface area (TPSA) is 12.0 Å². The molecule has 1 aliphatic rings. The lowest BCUT2D eigenvalue weighted by Crippen LogP contribution is -2.34. The predicted octanol–water partition coefficient (Wildman–Crippen LogP) is 5.60. The summed E-state index contributed by atoms with van der Waals surface area (Å²) in [4.78, 5) is 0. The van der Waals surface area contributed by atoms with Crippen molar-refractivity contribution in [2.75, 3.05) is 5.32 Å². The van der Waals surface area contributed by atoms with Crippen LogP contribution >= 0.6 is 27.5 Å². The maximum absolute atomic E-state index is 13.4. The van der Waals surface area contributed by atoms with Crippen molar-refractivity contribution >= 4 is 33.2 Å². The molecule has 0 unspecified atom stereocenters. The van der Waals surface area contributed by atoms with Crippen LogP contribution in [0.15, 0.2) is 46.9 Å². The second-order valence-electron chi connectivity index (χ2n) is 5.16. The van der Waals surface area contributed by atoms with E-state index >= 15 is 0 Å². The number of rotatable bonds is 3. The lowest BCUT2D eigenvalue weighted by Gasteiger charge is -2.37. The first-order chi connectivity index (χ1) is 9.63. The molecule has 20 heavy (non-hydrogen) atoms. The van der Waals surface area contributed by atoms with Gasteiger partial charge >= 0.3 is 0 Å². The van der Waals surface area contributed by atoms with Gasteiger partial charge in [-0.15, -0.1) is 0 Å². The van der Waals surface area contributed by atoms with E-state index in [-0.39, 0.29) is 5.82 Å². The second-order valence-corrected chi connectivity index (χ2v) is 6.42. The van der Waals surface area contributed by atoms with Crippen molar-refractivity contribution in [3.63, 3.8) is 0 Å². The van der Waals surface area contributed by atoms with E-state index in [1.165, 1.54) is 11.6 Å². The van der Waals surface area contributed by atoms with E-state index in [9.17, 15) is 4.39 Å². The molecule has 1 fully saturated rings. The van der Waals surface area contributed by atoms with Crippen LogP contribution in [0.4, 0.5) is 10.1 Å². The molecule has 1 nitrogen and oxygen atoms in total. The third-order valence-electron chi connectivity index (χ3n) is 3.77. The van der Waals surface area contributed by atoms with E-state index < -0.39 is 0 Å². The molecule has 1 N–H and O–H groups in total. The number of nitrogens with one attached hydrogen (secondary N) is 1. The van der Waals surface area contributed by atoms with Gasteiger partial charge in [-0.1, -0.05) is 29.8 Å². The first-order valence-corrected chi connectivity index (χ1v) is 7.76. The molecule has 0 bridgehead atoms. The average Bonchev–Trinajstić information content (AvgIpc) is 2.39. The molecule has 104 valence electrons. The molecule has 0 heterocycles. The van der Waals surface area contributed by atoms with Crippen molar-refractivity contribution in [1.82, 2.24) is 0 Å². The molecule has 0 spiro atoms. The molecule has 2 aromatic carbocycles. The van der Waals surface area contributed by atoms with Crippen LogP contribution < -0.4 is 5.32 Å². The summed E-state index contributed by atoms with van der Waals surface area (Å²) >= 11 is 9.36. The third kappa shape index (κ3) is 2.84. The van der Waals surface area contributed by atoms with Crippen molar-refractivity contribution in [3.8, 4) is 0 Å². The molecular formula is C16H14BrClFN. The SMILES string of the molecule is Fc1cc(NC2CC(c3ccccc3Cl)C2)ccc1Br. The molecule has 1 saturated carbocycles. The molecule has 0 aliphatic heterocycles. The summed E-state index contributed by atoms with van der Waals surface area (Å²) in [5.74, 6) is 0.262. The predicted molar refractivity (Wildman–Crippen MR) is 84.9 cm³/mol. The second kappa shape index (κ2) is 5.74. The Morgan fingerprint density at radius 2 is 1.90 bits per heavy atom. The highest BCUT2D eigenvalue weighted by Gasteiger charge is 2.31. The van der Waals surface area contributed by atoms with E-state index in [2.05, 4.69) is 27.3 Å². The third-order valence-corrected chi connectivity index (χ3v) is 4.76. The zero-order valence-electron chi connectivity index (χ0n) is 10.7. The van der Waals surface area contributed by atoms with Crippen LogP contribution in [0.2, 0.25) is 5.02 Å². The number of anilines is 1. The van der Waals surface area contributed by atoms with Crippen molar-refractivity contribution in [3.05, 3.63) is 63.3 Å². The Labute approximate surface area is 131 Å². The maximum Gasteiger partial charge on any atom is 0.139 e. The van der Waals surface area contributed by atoms with Crippen LogP contribution in [0, 0.1) is 5.82 Å². The molecule has 0 radical (unpaired) electrons. The Kier molecular flexibility index (Phi) is 3.99. The van der Waals surface area contributed by atoms with Gasteiger partial charge in [0.2, 0.25) is 0 Å². The van der Waals surface area contributed by atoms with Gasteiger partial charge in [0.1, 0.15) is 5.82 Å². The number of benzene rings is 2. The Bertz CT molecular complexity index is 626. The van der Waals surface area contributed by atoms with Gasteiger partial charge in [-0.3, -0.25) is 0 Å². The zero-order valence-corrected chi connectivity index (χ0v) is 13.1. The van der Waals surface area contributed by atoms with Gasteiger partial charge in [-0.25, -0.2) is 4.39 Å². The van der Waals surface area contributed by atoms with Gasteiger partial charge in [0, 0.05) is 16.8 Å². The van der Waals surface area contributed by atoms with Crippen LogP contribution in [-0.2, 0) is 0 Å². The largest absolute Gasteiger partial charge is 0.382 e. The lowest BCUT2D eigenvalue weighted by molar-refractivity contribution is 0.374. The van der Waals surface area contributed by atoms with E-state index in [0.717, 1.165) is 23.6 Å². The van der Waals surface area contributed by atoms with Gasteiger partial charge in [-0.05, 0) is 64.5 Å². The minimum absolute atomic E-state index is 0.239. The maximum atomic E-state index is 13.4. The summed E-state index contributed by atoms with van der Waals surface area (Å²) in [5, 5.41) is 4.20. The number of halogens is 3. The standard InChI is InChI=1S/C16H14BrClFN/c17-14-6-5-11(9-16(14)19)20-12-7-10(8-12)13-3-1-2-4-15(13)18/h1-6,9-10,12,20H,7-8H2. The van der Waals surface area contributed by atoms with E-state index in [0.29, 0.717) is 16.4 Å². The van der Waals surface area contributed by atoms with Crippen LogP contribution in [0.1, 0.15) is 24.3 Å². The Hall–Kier alpha value is -1.06. The molecule has 0 atom stereocenters. The van der Waals surface area contributed by atoms with Crippen LogP contribution in [0.25, 0.3) is 0 Å². The van der Waals surface area contributed by atoms with Crippen molar-refractivity contribution in [1.29, 1.82) is 0 Å². The van der Waals surface area contributed by atoms with Crippen LogP contribution in [0.5, 0.6) is 0 Å². The fraction of sp³-hybridized carbons (Fsp3) is 0.250. The summed E-state index contributed by atoms with van der Waals surface area (Å²) in [6, 6.07) is 13.5. The normalized spacial score (nSPS) is 21.4. The van der Waals surface area contributed by atoms with Crippen LogP contribution in [-0.4, -0.2) is 6.04 Å². The molecule has 2 aromatic rings. The summed E-state index contributed by atoms with van der Waals surface area (Å²) < 4.78 is 13.9. The molecule has 0 saturated heterocycles. The summed E-state index contributed by atoms with van der Waals surface area (Å²) in [6.07, 6.45) is 2.06. The Morgan fingerprint density at radius 3 is 2.60 bits per heavy atom.